The molecule has 0 fully saturated rings. The number of rotatable bonds is 5. The Morgan fingerprint density at radius 1 is 1.33 bits per heavy atom. The molecule has 0 bridgehead atoms. The molecular formula is C14H15BrN4O2. The third-order valence-electron chi connectivity index (χ3n) is 2.90. The summed E-state index contributed by atoms with van der Waals surface area (Å²) in [5, 5.41) is 14.3. The van der Waals surface area contributed by atoms with Crippen LogP contribution < -0.4 is 5.32 Å². The Labute approximate surface area is 130 Å². The Balaban J connectivity index is 2.54. The summed E-state index contributed by atoms with van der Waals surface area (Å²) in [5.41, 5.74) is 1.15. The van der Waals surface area contributed by atoms with Crippen LogP contribution in [0.15, 0.2) is 28.7 Å². The van der Waals surface area contributed by atoms with Crippen molar-refractivity contribution < 1.29 is 4.92 Å². The van der Waals surface area contributed by atoms with Crippen LogP contribution in [0.1, 0.15) is 19.0 Å². The summed E-state index contributed by atoms with van der Waals surface area (Å²) in [6.45, 7) is 4.66. The maximum atomic E-state index is 11.1. The summed E-state index contributed by atoms with van der Waals surface area (Å²) < 4.78 is 0.776. The molecule has 0 aliphatic heterocycles. The molecule has 0 amide bonds. The first-order valence-electron chi connectivity index (χ1n) is 6.56. The number of nitrogens with one attached hydrogen (secondary N) is 1. The van der Waals surface area contributed by atoms with E-state index in [0.717, 1.165) is 23.1 Å². The van der Waals surface area contributed by atoms with Crippen LogP contribution in [0, 0.1) is 17.0 Å². The van der Waals surface area contributed by atoms with Crippen LogP contribution in [0.25, 0.3) is 11.4 Å². The van der Waals surface area contributed by atoms with Gasteiger partial charge in [0.15, 0.2) is 5.82 Å². The number of nitro benzene ring substituents is 1. The van der Waals surface area contributed by atoms with E-state index in [1.54, 1.807) is 18.2 Å². The Kier molecular flexibility index (Phi) is 4.85. The van der Waals surface area contributed by atoms with Crippen molar-refractivity contribution in [2.45, 2.75) is 20.3 Å². The van der Waals surface area contributed by atoms with Gasteiger partial charge in [0.2, 0.25) is 0 Å². The number of nitro groups is 1. The van der Waals surface area contributed by atoms with E-state index < -0.39 is 4.92 Å². The van der Waals surface area contributed by atoms with Gasteiger partial charge in [-0.05, 0) is 35.3 Å². The molecule has 2 rings (SSSR count). The summed E-state index contributed by atoms with van der Waals surface area (Å²) in [6, 6.07) is 6.48. The smallest absolute Gasteiger partial charge is 0.280 e. The topological polar surface area (TPSA) is 81.0 Å². The van der Waals surface area contributed by atoms with Crippen molar-refractivity contribution in [3.05, 3.63) is 44.5 Å². The number of nitrogens with zero attached hydrogens (tertiary/aromatic N) is 3. The van der Waals surface area contributed by atoms with Crippen molar-refractivity contribution in [3.63, 3.8) is 0 Å². The molecule has 0 saturated carbocycles. The third-order valence-corrected chi connectivity index (χ3v) is 3.85. The van der Waals surface area contributed by atoms with Crippen molar-refractivity contribution in [1.29, 1.82) is 0 Å². The van der Waals surface area contributed by atoms with E-state index in [-0.39, 0.29) is 5.69 Å². The number of anilines is 1. The Hall–Kier alpha value is -2.02. The Bertz CT molecular complexity index is 676. The number of benzene rings is 1. The average Bonchev–Trinajstić information content (AvgIpc) is 2.48. The molecule has 0 unspecified atom stereocenters. The van der Waals surface area contributed by atoms with Crippen LogP contribution in [0.3, 0.4) is 0 Å². The first-order valence-corrected chi connectivity index (χ1v) is 7.35. The molecule has 21 heavy (non-hydrogen) atoms. The van der Waals surface area contributed by atoms with Gasteiger partial charge in [-0.1, -0.05) is 19.1 Å². The van der Waals surface area contributed by atoms with E-state index in [1.807, 2.05) is 6.92 Å². The zero-order valence-corrected chi connectivity index (χ0v) is 13.3. The number of aromatic nitrogens is 2. The molecular weight excluding hydrogens is 336 g/mol. The predicted molar refractivity (Wildman–Crippen MR) is 85.3 cm³/mol. The van der Waals surface area contributed by atoms with Crippen LogP contribution >= 0.6 is 15.9 Å². The van der Waals surface area contributed by atoms with Crippen LogP contribution in [-0.4, -0.2) is 21.4 Å². The molecule has 6 nitrogen and oxygen atoms in total. The van der Waals surface area contributed by atoms with E-state index in [4.69, 9.17) is 0 Å². The SMILES string of the molecule is CCCNc1nc(-c2ccccc2[N+](=O)[O-])nc(C)c1Br. The molecule has 0 spiro atoms. The first-order chi connectivity index (χ1) is 10.0. The lowest BCUT2D eigenvalue weighted by Gasteiger charge is -2.10. The minimum absolute atomic E-state index is 0.000615. The maximum Gasteiger partial charge on any atom is 0.280 e. The highest BCUT2D eigenvalue weighted by Gasteiger charge is 2.18. The van der Waals surface area contributed by atoms with Gasteiger partial charge in [-0.25, -0.2) is 9.97 Å². The number of halogens is 1. The van der Waals surface area contributed by atoms with Gasteiger partial charge in [0, 0.05) is 12.6 Å². The van der Waals surface area contributed by atoms with E-state index in [0.29, 0.717) is 17.2 Å². The second-order valence-corrected chi connectivity index (χ2v) is 5.29. The molecule has 0 aliphatic rings. The van der Waals surface area contributed by atoms with Gasteiger partial charge in [0.1, 0.15) is 5.82 Å². The first kappa shape index (κ1) is 15.4. The molecule has 0 aliphatic carbocycles. The molecule has 0 atom stereocenters. The van der Waals surface area contributed by atoms with Crippen molar-refractivity contribution >= 4 is 27.4 Å². The van der Waals surface area contributed by atoms with Gasteiger partial charge >= 0.3 is 0 Å². The van der Waals surface area contributed by atoms with Crippen molar-refractivity contribution in [2.75, 3.05) is 11.9 Å². The Morgan fingerprint density at radius 3 is 2.71 bits per heavy atom. The van der Waals surface area contributed by atoms with Crippen LogP contribution in [0.4, 0.5) is 11.5 Å². The van der Waals surface area contributed by atoms with Gasteiger partial charge < -0.3 is 5.32 Å². The quantitative estimate of drug-likeness (QED) is 0.652. The largest absolute Gasteiger partial charge is 0.369 e. The van der Waals surface area contributed by atoms with Crippen molar-refractivity contribution in [2.24, 2.45) is 0 Å². The van der Waals surface area contributed by atoms with E-state index in [9.17, 15) is 10.1 Å². The summed E-state index contributed by atoms with van der Waals surface area (Å²) in [7, 11) is 0. The maximum absolute atomic E-state index is 11.1. The highest BCUT2D eigenvalue weighted by atomic mass is 79.9. The van der Waals surface area contributed by atoms with Gasteiger partial charge in [0.25, 0.3) is 5.69 Å². The van der Waals surface area contributed by atoms with Crippen LogP contribution in [0.5, 0.6) is 0 Å². The fraction of sp³-hybridized carbons (Fsp3) is 0.286. The second-order valence-electron chi connectivity index (χ2n) is 4.50. The lowest BCUT2D eigenvalue weighted by atomic mass is 10.1. The number of para-hydroxylation sites is 1. The monoisotopic (exact) mass is 350 g/mol. The molecule has 1 N–H and O–H groups in total. The zero-order chi connectivity index (χ0) is 15.4. The minimum atomic E-state index is -0.421. The van der Waals surface area contributed by atoms with E-state index in [1.165, 1.54) is 6.07 Å². The summed E-state index contributed by atoms with van der Waals surface area (Å²) in [4.78, 5) is 19.5. The minimum Gasteiger partial charge on any atom is -0.369 e. The van der Waals surface area contributed by atoms with Crippen LogP contribution in [-0.2, 0) is 0 Å². The van der Waals surface area contributed by atoms with Crippen molar-refractivity contribution in [1.82, 2.24) is 9.97 Å². The summed E-state index contributed by atoms with van der Waals surface area (Å²) in [5.74, 6) is 0.999. The predicted octanol–water partition coefficient (Wildman–Crippen LogP) is 3.94. The molecule has 1 heterocycles. The van der Waals surface area contributed by atoms with Gasteiger partial charge in [-0.3, -0.25) is 10.1 Å². The van der Waals surface area contributed by atoms with E-state index >= 15 is 0 Å². The second kappa shape index (κ2) is 6.62. The summed E-state index contributed by atoms with van der Waals surface area (Å²) in [6.07, 6.45) is 0.955. The number of aryl methyl sites for hydroxylation is 1. The lowest BCUT2D eigenvalue weighted by molar-refractivity contribution is -0.384. The fourth-order valence-corrected chi connectivity index (χ4v) is 2.18. The highest BCUT2D eigenvalue weighted by Crippen LogP contribution is 2.31. The van der Waals surface area contributed by atoms with Gasteiger partial charge in [-0.2, -0.15) is 0 Å². The molecule has 0 radical (unpaired) electrons. The zero-order valence-electron chi connectivity index (χ0n) is 11.8. The van der Waals surface area contributed by atoms with Gasteiger partial charge in [-0.15, -0.1) is 0 Å². The molecule has 1 aromatic carbocycles. The molecule has 0 saturated heterocycles. The highest BCUT2D eigenvalue weighted by molar-refractivity contribution is 9.10. The van der Waals surface area contributed by atoms with E-state index in [2.05, 4.69) is 38.1 Å². The molecule has 110 valence electrons. The molecule has 7 heteroatoms. The van der Waals surface area contributed by atoms with Gasteiger partial charge in [0.05, 0.1) is 20.7 Å². The fourth-order valence-electron chi connectivity index (χ4n) is 1.86. The van der Waals surface area contributed by atoms with Crippen molar-refractivity contribution in [3.8, 4) is 11.4 Å². The number of hydrogen-bond acceptors (Lipinski definition) is 5. The third kappa shape index (κ3) is 3.36. The lowest BCUT2D eigenvalue weighted by Crippen LogP contribution is -2.06. The number of hydrogen-bond donors (Lipinski definition) is 1. The standard InChI is InChI=1S/C14H15BrN4O2/c1-3-8-16-14-12(15)9(2)17-13(18-14)10-6-4-5-7-11(10)19(20)21/h4-7H,3,8H2,1-2H3,(H,16,17,18). The molecule has 2 aromatic rings. The Morgan fingerprint density at radius 2 is 2.05 bits per heavy atom. The molecule has 1 aromatic heterocycles. The summed E-state index contributed by atoms with van der Waals surface area (Å²) >= 11 is 3.44. The average molecular weight is 351 g/mol. The normalized spacial score (nSPS) is 10.4. The van der Waals surface area contributed by atoms with Crippen LogP contribution in [0.2, 0.25) is 0 Å².